The second kappa shape index (κ2) is 5.40. The summed E-state index contributed by atoms with van der Waals surface area (Å²) >= 11 is 0. The summed E-state index contributed by atoms with van der Waals surface area (Å²) < 4.78 is 11.2. The van der Waals surface area contributed by atoms with E-state index in [1.807, 2.05) is 6.08 Å². The zero-order chi connectivity index (χ0) is 9.15. The van der Waals surface area contributed by atoms with E-state index in [1.165, 1.54) is 6.08 Å². The summed E-state index contributed by atoms with van der Waals surface area (Å²) in [4.78, 5) is 10.2. The standard InChI is InChI=1S/C10H13O3.Y/c11-6-2-4-9-3-1-5-10(9)12-7-8-13-10;/h2,4,6H,1,3,5,7-8H2;/q-1;+3/b4-2+;. The number of rotatable bonds is 2. The average Bonchev–Trinajstić information content (AvgIpc) is 2.75. The average molecular weight is 270 g/mol. The van der Waals surface area contributed by atoms with Crippen molar-refractivity contribution < 1.29 is 47.0 Å². The van der Waals surface area contributed by atoms with Gasteiger partial charge in [0.05, 0.1) is 19.5 Å². The van der Waals surface area contributed by atoms with E-state index in [0.29, 0.717) is 13.2 Å². The van der Waals surface area contributed by atoms with Crippen LogP contribution in [0.4, 0.5) is 0 Å². The van der Waals surface area contributed by atoms with Crippen LogP contribution in [0.15, 0.2) is 12.2 Å². The molecule has 0 amide bonds. The van der Waals surface area contributed by atoms with Crippen LogP contribution in [0.25, 0.3) is 0 Å². The third kappa shape index (κ3) is 2.27. The van der Waals surface area contributed by atoms with Crippen molar-refractivity contribution in [2.45, 2.75) is 25.0 Å². The van der Waals surface area contributed by atoms with E-state index in [-0.39, 0.29) is 32.7 Å². The zero-order valence-electron chi connectivity index (χ0n) is 8.07. The van der Waals surface area contributed by atoms with Crippen LogP contribution in [0.2, 0.25) is 0 Å². The van der Waals surface area contributed by atoms with Gasteiger partial charge in [0.2, 0.25) is 0 Å². The molecule has 0 radical (unpaired) electrons. The van der Waals surface area contributed by atoms with Gasteiger partial charge in [0.15, 0.2) is 0 Å². The SMILES string of the molecule is O=C/C=C/[C-]1CCCC12OCCO2.[Y+3]. The molecule has 0 unspecified atom stereocenters. The van der Waals surface area contributed by atoms with Gasteiger partial charge in [-0.15, -0.1) is 0 Å². The van der Waals surface area contributed by atoms with Gasteiger partial charge in [-0.1, -0.05) is 12.8 Å². The van der Waals surface area contributed by atoms with Gasteiger partial charge in [-0.05, 0) is 6.42 Å². The maximum absolute atomic E-state index is 10.2. The zero-order valence-corrected chi connectivity index (χ0v) is 10.9. The van der Waals surface area contributed by atoms with Gasteiger partial charge in [-0.25, -0.2) is 6.08 Å². The second-order valence-corrected chi connectivity index (χ2v) is 3.32. The molecule has 14 heavy (non-hydrogen) atoms. The van der Waals surface area contributed by atoms with Crippen molar-refractivity contribution in [1.29, 1.82) is 0 Å². The summed E-state index contributed by atoms with van der Waals surface area (Å²) in [6.07, 6.45) is 7.10. The number of hydrogen-bond donors (Lipinski definition) is 0. The maximum Gasteiger partial charge on any atom is 3.00 e. The molecular weight excluding hydrogens is 257 g/mol. The quantitative estimate of drug-likeness (QED) is 0.430. The minimum absolute atomic E-state index is 0. The van der Waals surface area contributed by atoms with E-state index in [9.17, 15) is 4.79 Å². The summed E-state index contributed by atoms with van der Waals surface area (Å²) in [6.45, 7) is 1.33. The van der Waals surface area contributed by atoms with Crippen LogP contribution in [0, 0.1) is 5.92 Å². The first kappa shape index (κ1) is 12.4. The Balaban J connectivity index is 0.000000980. The van der Waals surface area contributed by atoms with Crippen LogP contribution < -0.4 is 0 Å². The first-order chi connectivity index (χ1) is 6.37. The van der Waals surface area contributed by atoms with E-state index in [2.05, 4.69) is 0 Å². The molecule has 2 aliphatic rings. The Kier molecular flexibility index (Phi) is 4.78. The van der Waals surface area contributed by atoms with Crippen LogP contribution >= 0.6 is 0 Å². The van der Waals surface area contributed by atoms with E-state index in [4.69, 9.17) is 9.47 Å². The topological polar surface area (TPSA) is 35.5 Å². The Hall–Kier alpha value is 0.304. The Labute approximate surface area is 109 Å². The van der Waals surface area contributed by atoms with Crippen molar-refractivity contribution in [2.75, 3.05) is 13.2 Å². The van der Waals surface area contributed by atoms with Crippen molar-refractivity contribution in [2.24, 2.45) is 0 Å². The largest absolute Gasteiger partial charge is 3.00 e. The first-order valence-corrected chi connectivity index (χ1v) is 4.63. The molecule has 1 saturated heterocycles. The van der Waals surface area contributed by atoms with Crippen LogP contribution in [-0.2, 0) is 47.0 Å². The second-order valence-electron chi connectivity index (χ2n) is 3.32. The molecule has 1 spiro atoms. The summed E-state index contributed by atoms with van der Waals surface area (Å²) in [7, 11) is 0. The molecule has 1 aliphatic carbocycles. The molecule has 2 rings (SSSR count). The Morgan fingerprint density at radius 2 is 2.00 bits per heavy atom. The molecule has 0 aromatic heterocycles. The molecule has 0 aromatic rings. The van der Waals surface area contributed by atoms with E-state index in [1.54, 1.807) is 0 Å². The first-order valence-electron chi connectivity index (χ1n) is 4.63. The summed E-state index contributed by atoms with van der Waals surface area (Å²) in [5.74, 6) is 0.636. The monoisotopic (exact) mass is 270 g/mol. The molecule has 0 N–H and O–H groups in total. The number of carbonyl (C=O) groups excluding carboxylic acids is 1. The van der Waals surface area contributed by atoms with Crippen molar-refractivity contribution in [3.8, 4) is 0 Å². The summed E-state index contributed by atoms with van der Waals surface area (Å²) in [6, 6.07) is 0. The number of hydrogen-bond acceptors (Lipinski definition) is 3. The normalized spacial score (nSPS) is 24.4. The van der Waals surface area contributed by atoms with Crippen LogP contribution in [-0.4, -0.2) is 25.3 Å². The maximum atomic E-state index is 10.2. The van der Waals surface area contributed by atoms with Gasteiger partial charge < -0.3 is 14.3 Å². The number of carbonyl (C=O) groups is 1. The van der Waals surface area contributed by atoms with Gasteiger partial charge in [-0.2, -0.15) is 12.0 Å². The fourth-order valence-electron chi connectivity index (χ4n) is 2.01. The molecule has 1 aliphatic heterocycles. The molecule has 72 valence electrons. The molecule has 0 bridgehead atoms. The molecule has 1 saturated carbocycles. The van der Waals surface area contributed by atoms with Gasteiger partial charge in [0.25, 0.3) is 0 Å². The van der Waals surface area contributed by atoms with E-state index >= 15 is 0 Å². The Bertz CT molecular complexity index is 216. The minimum atomic E-state index is -0.473. The van der Waals surface area contributed by atoms with Crippen molar-refractivity contribution in [3.05, 3.63) is 18.1 Å². The third-order valence-corrected chi connectivity index (χ3v) is 2.57. The number of ether oxygens (including phenoxy) is 2. The number of allylic oxidation sites excluding steroid dienone is 1. The van der Waals surface area contributed by atoms with Crippen molar-refractivity contribution in [1.82, 2.24) is 0 Å². The smallest absolute Gasteiger partial charge is 0.359 e. The minimum Gasteiger partial charge on any atom is -0.359 e. The Morgan fingerprint density at radius 1 is 1.29 bits per heavy atom. The predicted octanol–water partition coefficient (Wildman–Crippen LogP) is 1.24. The molecule has 2 fully saturated rings. The van der Waals surface area contributed by atoms with Crippen LogP contribution in [0.5, 0.6) is 0 Å². The van der Waals surface area contributed by atoms with Gasteiger partial charge in [-0.3, -0.25) is 0 Å². The van der Waals surface area contributed by atoms with Crippen LogP contribution in [0.3, 0.4) is 0 Å². The fraction of sp³-hybridized carbons (Fsp3) is 0.600. The fourth-order valence-corrected chi connectivity index (χ4v) is 2.01. The molecular formula is C10H13O3Y+2. The van der Waals surface area contributed by atoms with E-state index in [0.717, 1.165) is 31.5 Å². The summed E-state index contributed by atoms with van der Waals surface area (Å²) in [5, 5.41) is 0. The molecule has 4 heteroatoms. The third-order valence-electron chi connectivity index (χ3n) is 2.57. The predicted molar refractivity (Wildman–Crippen MR) is 46.9 cm³/mol. The molecule has 0 atom stereocenters. The molecule has 3 nitrogen and oxygen atoms in total. The van der Waals surface area contributed by atoms with E-state index < -0.39 is 5.79 Å². The Morgan fingerprint density at radius 3 is 2.64 bits per heavy atom. The van der Waals surface area contributed by atoms with Gasteiger partial charge in [0.1, 0.15) is 5.79 Å². The van der Waals surface area contributed by atoms with Crippen LogP contribution in [0.1, 0.15) is 19.3 Å². The van der Waals surface area contributed by atoms with Gasteiger partial charge in [0, 0.05) is 0 Å². The van der Waals surface area contributed by atoms with Gasteiger partial charge >= 0.3 is 32.7 Å². The molecule has 1 heterocycles. The van der Waals surface area contributed by atoms with Crippen molar-refractivity contribution >= 4 is 6.29 Å². The molecule has 0 aromatic carbocycles. The summed E-state index contributed by atoms with van der Waals surface area (Å²) in [5.41, 5.74) is 0. The number of aldehydes is 1. The van der Waals surface area contributed by atoms with Crippen molar-refractivity contribution in [3.63, 3.8) is 0 Å².